The number of aromatic nitrogens is 3. The van der Waals surface area contributed by atoms with E-state index in [0.29, 0.717) is 11.6 Å². The van der Waals surface area contributed by atoms with Gasteiger partial charge in [-0.05, 0) is 12.5 Å². The zero-order valence-electron chi connectivity index (χ0n) is 9.84. The number of nitrogens with two attached hydrogens (primary N) is 1. The Balaban J connectivity index is 2.20. The molecular weight excluding hydrogens is 228 g/mol. The summed E-state index contributed by atoms with van der Waals surface area (Å²) >= 11 is 0. The summed E-state index contributed by atoms with van der Waals surface area (Å²) in [6.07, 6.45) is 3.43. The number of nitrogens with zero attached hydrogens (tertiary/aromatic N) is 2. The molecule has 0 bridgehead atoms. The molecule has 0 aliphatic rings. The van der Waals surface area contributed by atoms with Gasteiger partial charge >= 0.3 is 0 Å². The number of H-pyrrole nitrogens is 1. The summed E-state index contributed by atoms with van der Waals surface area (Å²) in [5, 5.41) is 10.5. The second-order valence-corrected chi connectivity index (χ2v) is 4.13. The average molecular weight is 240 g/mol. The summed E-state index contributed by atoms with van der Waals surface area (Å²) in [4.78, 5) is 0. The van der Waals surface area contributed by atoms with Crippen molar-refractivity contribution in [2.45, 2.75) is 6.92 Å². The van der Waals surface area contributed by atoms with E-state index >= 15 is 0 Å². The minimum absolute atomic E-state index is 0.386. The Morgan fingerprint density at radius 2 is 2.17 bits per heavy atom. The fraction of sp³-hybridized carbons (Fsp3) is 0.0769. The molecule has 2 heterocycles. The maximum Gasteiger partial charge on any atom is 0.180 e. The van der Waals surface area contributed by atoms with Crippen molar-refractivity contribution in [3.8, 4) is 22.5 Å². The predicted molar refractivity (Wildman–Crippen MR) is 68.7 cm³/mol. The van der Waals surface area contributed by atoms with E-state index in [0.717, 1.165) is 22.3 Å². The normalized spacial score (nSPS) is 10.7. The highest BCUT2D eigenvalue weighted by Crippen LogP contribution is 2.36. The van der Waals surface area contributed by atoms with Crippen LogP contribution in [0.15, 0.2) is 41.2 Å². The van der Waals surface area contributed by atoms with Gasteiger partial charge in [0.15, 0.2) is 11.6 Å². The number of nitrogens with one attached hydrogen (secondary N) is 1. The minimum atomic E-state index is 0.386. The molecule has 3 N–H and O–H groups in total. The van der Waals surface area contributed by atoms with Crippen LogP contribution in [0.25, 0.3) is 22.5 Å². The van der Waals surface area contributed by atoms with E-state index in [2.05, 4.69) is 15.4 Å². The maximum atomic E-state index is 5.89. The molecule has 0 aliphatic carbocycles. The minimum Gasteiger partial charge on any atom is -0.380 e. The van der Waals surface area contributed by atoms with E-state index < -0.39 is 0 Å². The van der Waals surface area contributed by atoms with Crippen molar-refractivity contribution in [2.75, 3.05) is 5.73 Å². The molecule has 18 heavy (non-hydrogen) atoms. The third-order valence-corrected chi connectivity index (χ3v) is 2.79. The van der Waals surface area contributed by atoms with Crippen molar-refractivity contribution in [1.82, 2.24) is 15.4 Å². The van der Waals surface area contributed by atoms with Crippen molar-refractivity contribution in [3.63, 3.8) is 0 Å². The van der Waals surface area contributed by atoms with Crippen molar-refractivity contribution in [1.29, 1.82) is 0 Å². The lowest BCUT2D eigenvalue weighted by Crippen LogP contribution is -1.89. The SMILES string of the molecule is Cc1cccc(-c2c(N)noc2-c2cn[nH]c2)c1. The van der Waals surface area contributed by atoms with Crippen LogP contribution >= 0.6 is 0 Å². The van der Waals surface area contributed by atoms with Gasteiger partial charge in [-0.2, -0.15) is 5.10 Å². The van der Waals surface area contributed by atoms with Gasteiger partial charge in [-0.15, -0.1) is 0 Å². The predicted octanol–water partition coefficient (Wildman–Crippen LogP) is 2.62. The summed E-state index contributed by atoms with van der Waals surface area (Å²) in [6.45, 7) is 2.03. The first-order valence-corrected chi connectivity index (χ1v) is 5.57. The van der Waals surface area contributed by atoms with E-state index in [-0.39, 0.29) is 0 Å². The largest absolute Gasteiger partial charge is 0.380 e. The van der Waals surface area contributed by atoms with Gasteiger partial charge < -0.3 is 10.3 Å². The van der Waals surface area contributed by atoms with Crippen LogP contribution < -0.4 is 5.73 Å². The van der Waals surface area contributed by atoms with Crippen LogP contribution in [-0.4, -0.2) is 15.4 Å². The number of hydrogen-bond donors (Lipinski definition) is 2. The van der Waals surface area contributed by atoms with Crippen LogP contribution in [0.1, 0.15) is 5.56 Å². The van der Waals surface area contributed by atoms with Crippen LogP contribution in [0.5, 0.6) is 0 Å². The Kier molecular flexibility index (Phi) is 2.37. The number of aromatic amines is 1. The summed E-state index contributed by atoms with van der Waals surface area (Å²) in [6, 6.07) is 8.05. The average Bonchev–Trinajstić information content (AvgIpc) is 2.97. The first-order valence-electron chi connectivity index (χ1n) is 5.57. The Morgan fingerprint density at radius 3 is 2.89 bits per heavy atom. The van der Waals surface area contributed by atoms with E-state index in [9.17, 15) is 0 Å². The Labute approximate surface area is 104 Å². The van der Waals surface area contributed by atoms with E-state index in [1.807, 2.05) is 31.2 Å². The monoisotopic (exact) mass is 240 g/mol. The van der Waals surface area contributed by atoms with Gasteiger partial charge in [0.05, 0.1) is 17.3 Å². The topological polar surface area (TPSA) is 80.7 Å². The molecule has 0 saturated heterocycles. The van der Waals surface area contributed by atoms with Gasteiger partial charge in [-0.1, -0.05) is 35.0 Å². The molecule has 0 unspecified atom stereocenters. The molecule has 0 atom stereocenters. The van der Waals surface area contributed by atoms with Crippen LogP contribution in [0.3, 0.4) is 0 Å². The summed E-state index contributed by atoms with van der Waals surface area (Å²) in [5.74, 6) is 1.02. The van der Waals surface area contributed by atoms with E-state index in [1.54, 1.807) is 12.4 Å². The maximum absolute atomic E-state index is 5.89. The standard InChI is InChI=1S/C13H12N4O/c1-8-3-2-4-9(5-8)11-12(18-17-13(11)14)10-6-15-16-7-10/h2-7H,1H3,(H2,14,17)(H,15,16). The molecule has 0 amide bonds. The molecule has 0 saturated carbocycles. The molecule has 5 nitrogen and oxygen atoms in total. The molecule has 0 spiro atoms. The molecule has 0 radical (unpaired) electrons. The van der Waals surface area contributed by atoms with Crippen LogP contribution in [0.4, 0.5) is 5.82 Å². The first-order chi connectivity index (χ1) is 8.75. The fourth-order valence-corrected chi connectivity index (χ4v) is 1.95. The molecule has 3 rings (SSSR count). The van der Waals surface area contributed by atoms with Gasteiger partial charge in [0, 0.05) is 6.20 Å². The number of benzene rings is 1. The van der Waals surface area contributed by atoms with Gasteiger partial charge in [-0.25, -0.2) is 0 Å². The van der Waals surface area contributed by atoms with Crippen molar-refractivity contribution in [3.05, 3.63) is 42.2 Å². The van der Waals surface area contributed by atoms with Gasteiger partial charge in [-0.3, -0.25) is 5.10 Å². The smallest absolute Gasteiger partial charge is 0.180 e. The summed E-state index contributed by atoms with van der Waals surface area (Å²) < 4.78 is 5.30. The summed E-state index contributed by atoms with van der Waals surface area (Å²) in [5.41, 5.74) is 9.68. The third-order valence-electron chi connectivity index (χ3n) is 2.79. The van der Waals surface area contributed by atoms with Crippen LogP contribution in [0.2, 0.25) is 0 Å². The molecule has 5 heteroatoms. The van der Waals surface area contributed by atoms with Gasteiger partial charge in [0.2, 0.25) is 0 Å². The Morgan fingerprint density at radius 1 is 1.28 bits per heavy atom. The summed E-state index contributed by atoms with van der Waals surface area (Å²) in [7, 11) is 0. The molecular formula is C13H12N4O. The quantitative estimate of drug-likeness (QED) is 0.721. The highest BCUT2D eigenvalue weighted by atomic mass is 16.5. The van der Waals surface area contributed by atoms with E-state index in [1.165, 1.54) is 0 Å². The first kappa shape index (κ1) is 10.6. The number of hydrogen-bond acceptors (Lipinski definition) is 4. The zero-order valence-corrected chi connectivity index (χ0v) is 9.84. The second kappa shape index (κ2) is 4.03. The second-order valence-electron chi connectivity index (χ2n) is 4.13. The highest BCUT2D eigenvalue weighted by molar-refractivity contribution is 5.86. The number of rotatable bonds is 2. The van der Waals surface area contributed by atoms with Crippen molar-refractivity contribution >= 4 is 5.82 Å². The lowest BCUT2D eigenvalue weighted by Gasteiger charge is -2.02. The van der Waals surface area contributed by atoms with Crippen molar-refractivity contribution in [2.24, 2.45) is 0 Å². The molecule has 1 aromatic carbocycles. The number of anilines is 1. The van der Waals surface area contributed by atoms with E-state index in [4.69, 9.17) is 10.3 Å². The fourth-order valence-electron chi connectivity index (χ4n) is 1.95. The lowest BCUT2D eigenvalue weighted by molar-refractivity contribution is 0.436. The molecule has 0 fully saturated rings. The molecule has 2 aromatic heterocycles. The number of aryl methyl sites for hydroxylation is 1. The molecule has 90 valence electrons. The van der Waals surface area contributed by atoms with Gasteiger partial charge in [0.1, 0.15) is 0 Å². The van der Waals surface area contributed by atoms with Gasteiger partial charge in [0.25, 0.3) is 0 Å². The highest BCUT2D eigenvalue weighted by Gasteiger charge is 2.18. The molecule has 3 aromatic rings. The third kappa shape index (κ3) is 1.66. The zero-order chi connectivity index (χ0) is 12.5. The van der Waals surface area contributed by atoms with Crippen molar-refractivity contribution < 1.29 is 4.52 Å². The van der Waals surface area contributed by atoms with Crippen LogP contribution in [0, 0.1) is 6.92 Å². The number of nitrogen functional groups attached to an aromatic ring is 1. The lowest BCUT2D eigenvalue weighted by atomic mass is 10.0. The Hall–Kier alpha value is -2.56. The molecule has 0 aliphatic heterocycles. The Bertz CT molecular complexity index is 670. The van der Waals surface area contributed by atoms with Crippen LogP contribution in [-0.2, 0) is 0 Å².